The Morgan fingerprint density at radius 1 is 0.973 bits per heavy atom. The molecule has 1 fully saturated rings. The molecule has 1 N–H and O–H groups in total. The maximum Gasteiger partial charge on any atom is 0.314 e. The number of rotatable bonds is 8. The number of aryl methyl sites for hydroxylation is 2. The molecule has 1 aromatic heterocycles. The van der Waals surface area contributed by atoms with Gasteiger partial charge in [0.05, 0.1) is 17.5 Å². The normalized spacial score (nSPS) is 14.7. The van der Waals surface area contributed by atoms with Crippen LogP contribution in [0.25, 0.3) is 22.5 Å². The Bertz CT molecular complexity index is 1450. The van der Waals surface area contributed by atoms with Crippen LogP contribution in [0.15, 0.2) is 77.3 Å². The number of esters is 1. The summed E-state index contributed by atoms with van der Waals surface area (Å²) in [7, 11) is 0. The molecule has 1 atom stereocenters. The number of benzene rings is 3. The fraction of sp³-hybridized carbons (Fsp3) is 0.258. The number of nitrogens with zero attached hydrogens (tertiary/aromatic N) is 1. The maximum absolute atomic E-state index is 12.8. The molecule has 0 saturated heterocycles. The highest BCUT2D eigenvalue weighted by Crippen LogP contribution is 2.48. The first-order valence-corrected chi connectivity index (χ1v) is 12.4. The van der Waals surface area contributed by atoms with Gasteiger partial charge in [0.2, 0.25) is 0 Å². The third kappa shape index (κ3) is 4.92. The smallest absolute Gasteiger partial charge is 0.314 e. The quantitative estimate of drug-likeness (QED) is 0.278. The van der Waals surface area contributed by atoms with Crippen molar-refractivity contribution in [1.29, 1.82) is 0 Å². The number of carboxylic acids is 1. The Morgan fingerprint density at radius 3 is 2.19 bits per heavy atom. The van der Waals surface area contributed by atoms with Crippen LogP contribution < -0.4 is 0 Å². The second-order valence-electron chi connectivity index (χ2n) is 9.84. The molecule has 0 aliphatic heterocycles. The maximum atomic E-state index is 12.8. The number of hydrogen-bond acceptors (Lipinski definition) is 5. The first-order chi connectivity index (χ1) is 17.8. The lowest BCUT2D eigenvalue weighted by Crippen LogP contribution is -2.19. The Kier molecular flexibility index (Phi) is 6.42. The first-order valence-electron chi connectivity index (χ1n) is 12.4. The van der Waals surface area contributed by atoms with Crippen LogP contribution in [-0.2, 0) is 26.2 Å². The van der Waals surface area contributed by atoms with Crippen LogP contribution in [0.1, 0.15) is 53.8 Å². The second kappa shape index (κ2) is 9.69. The van der Waals surface area contributed by atoms with E-state index in [9.17, 15) is 14.7 Å². The third-order valence-electron chi connectivity index (χ3n) is 7.20. The predicted octanol–water partition coefficient (Wildman–Crippen LogP) is 6.59. The molecule has 188 valence electrons. The van der Waals surface area contributed by atoms with Gasteiger partial charge in [-0.3, -0.25) is 9.59 Å². The van der Waals surface area contributed by atoms with Crippen molar-refractivity contribution >= 4 is 11.9 Å². The molecule has 1 heterocycles. The van der Waals surface area contributed by atoms with Gasteiger partial charge in [-0.2, -0.15) is 0 Å². The van der Waals surface area contributed by atoms with E-state index in [1.165, 1.54) is 0 Å². The molecule has 0 amide bonds. The van der Waals surface area contributed by atoms with Crippen molar-refractivity contribution in [2.24, 2.45) is 0 Å². The Labute approximate surface area is 215 Å². The summed E-state index contributed by atoms with van der Waals surface area (Å²) in [5, 5.41) is 13.6. The third-order valence-corrected chi connectivity index (χ3v) is 7.20. The molecule has 1 aliphatic carbocycles. The van der Waals surface area contributed by atoms with E-state index in [0.717, 1.165) is 33.4 Å². The molecule has 37 heavy (non-hydrogen) atoms. The largest absolute Gasteiger partial charge is 0.481 e. The first kappa shape index (κ1) is 24.5. The van der Waals surface area contributed by atoms with Gasteiger partial charge in [-0.05, 0) is 55.9 Å². The van der Waals surface area contributed by atoms with Crippen LogP contribution in [0.2, 0.25) is 0 Å². The number of aliphatic carboxylic acids is 1. The highest BCUT2D eigenvalue weighted by Gasteiger charge is 2.51. The zero-order valence-corrected chi connectivity index (χ0v) is 21.2. The number of ether oxygens (including phenoxy) is 1. The topological polar surface area (TPSA) is 89.6 Å². The molecule has 4 aromatic rings. The summed E-state index contributed by atoms with van der Waals surface area (Å²) in [6.07, 6.45) is 1.09. The molecule has 6 heteroatoms. The fourth-order valence-corrected chi connectivity index (χ4v) is 4.74. The lowest BCUT2D eigenvalue weighted by atomic mass is 9.93. The van der Waals surface area contributed by atoms with E-state index < -0.39 is 11.4 Å². The Hall–Kier alpha value is -4.19. The number of carbonyl (C=O) groups excluding carboxylic acids is 1. The Morgan fingerprint density at radius 2 is 1.59 bits per heavy atom. The lowest BCUT2D eigenvalue weighted by molar-refractivity contribution is -0.147. The molecule has 0 unspecified atom stereocenters. The van der Waals surface area contributed by atoms with Crippen molar-refractivity contribution in [3.8, 4) is 22.5 Å². The van der Waals surface area contributed by atoms with Crippen molar-refractivity contribution in [3.05, 3.63) is 101 Å². The van der Waals surface area contributed by atoms with Gasteiger partial charge in [0.25, 0.3) is 0 Å². The fourth-order valence-electron chi connectivity index (χ4n) is 4.74. The predicted molar refractivity (Wildman–Crippen MR) is 140 cm³/mol. The van der Waals surface area contributed by atoms with E-state index in [0.29, 0.717) is 29.9 Å². The van der Waals surface area contributed by atoms with Gasteiger partial charge in [0.15, 0.2) is 5.76 Å². The summed E-state index contributed by atoms with van der Waals surface area (Å²) in [5.74, 6) is -0.541. The van der Waals surface area contributed by atoms with Crippen molar-refractivity contribution in [2.45, 2.75) is 51.6 Å². The van der Waals surface area contributed by atoms with Crippen LogP contribution >= 0.6 is 0 Å². The van der Waals surface area contributed by atoms with E-state index in [1.807, 2.05) is 93.6 Å². The van der Waals surface area contributed by atoms with Crippen molar-refractivity contribution < 1.29 is 24.0 Å². The highest BCUT2D eigenvalue weighted by molar-refractivity contribution is 5.85. The monoisotopic (exact) mass is 494 g/mol. The average Bonchev–Trinajstić information content (AvgIpc) is 3.64. The Balaban J connectivity index is 1.30. The van der Waals surface area contributed by atoms with Crippen molar-refractivity contribution in [2.75, 3.05) is 0 Å². The summed E-state index contributed by atoms with van der Waals surface area (Å²) in [5.41, 5.74) is 6.40. The van der Waals surface area contributed by atoms with E-state index in [-0.39, 0.29) is 18.5 Å². The van der Waals surface area contributed by atoms with Crippen LogP contribution in [0.5, 0.6) is 0 Å². The summed E-state index contributed by atoms with van der Waals surface area (Å²) < 4.78 is 11.3. The van der Waals surface area contributed by atoms with Gasteiger partial charge in [-0.25, -0.2) is 0 Å². The van der Waals surface area contributed by atoms with Gasteiger partial charge in [0.1, 0.15) is 6.10 Å². The van der Waals surface area contributed by atoms with Crippen LogP contribution in [-0.4, -0.2) is 22.2 Å². The van der Waals surface area contributed by atoms with Crippen molar-refractivity contribution in [1.82, 2.24) is 5.16 Å². The zero-order valence-electron chi connectivity index (χ0n) is 21.2. The van der Waals surface area contributed by atoms with Gasteiger partial charge in [-0.1, -0.05) is 83.5 Å². The second-order valence-corrected chi connectivity index (χ2v) is 9.84. The molecular formula is C31H29NO5. The molecule has 0 radical (unpaired) electrons. The number of hydrogen-bond donors (Lipinski definition) is 1. The molecule has 5 rings (SSSR count). The number of carbonyl (C=O) groups is 2. The highest BCUT2D eigenvalue weighted by atomic mass is 16.5. The summed E-state index contributed by atoms with van der Waals surface area (Å²) in [6.45, 7) is 5.69. The van der Waals surface area contributed by atoms with Crippen LogP contribution in [0.3, 0.4) is 0 Å². The van der Waals surface area contributed by atoms with Gasteiger partial charge >= 0.3 is 11.9 Å². The van der Waals surface area contributed by atoms with E-state index in [1.54, 1.807) is 0 Å². The van der Waals surface area contributed by atoms with Crippen molar-refractivity contribution in [3.63, 3.8) is 0 Å². The standard InChI is InChI=1S/C31H29NO5/c1-19-5-4-6-25(17-19)21(3)36-28(33)18-27-20(2)32-37-29(27)24-9-7-22(8-10-24)23-11-13-26(14-12-23)31(15-16-31)30(34)35/h4-14,17,21H,15-16,18H2,1-3H3,(H,34,35)/t21-/m1/s1/i1-1. The van der Waals surface area contributed by atoms with E-state index in [4.69, 9.17) is 9.26 Å². The number of carboxylic acid groups (broad SMARTS) is 1. The van der Waals surface area contributed by atoms with E-state index >= 15 is 0 Å². The molecule has 6 nitrogen and oxygen atoms in total. The van der Waals surface area contributed by atoms with Gasteiger partial charge < -0.3 is 14.4 Å². The SMILES string of the molecule is Cc1noc(-c2ccc(-c3ccc(C4(C(=O)O)CC4)cc3)cc2)c1CC(=O)O[C@H](C)c1cccc([11CH3])c1. The minimum Gasteiger partial charge on any atom is -0.481 e. The molecule has 3 aromatic carbocycles. The van der Waals surface area contributed by atoms with E-state index in [2.05, 4.69) is 5.16 Å². The molecule has 1 aliphatic rings. The summed E-state index contributed by atoms with van der Waals surface area (Å²) >= 11 is 0. The minimum absolute atomic E-state index is 0.0648. The zero-order chi connectivity index (χ0) is 26.2. The average molecular weight is 495 g/mol. The number of aromatic nitrogens is 1. The summed E-state index contributed by atoms with van der Waals surface area (Å²) in [4.78, 5) is 24.4. The van der Waals surface area contributed by atoms with Crippen LogP contribution in [0.4, 0.5) is 0 Å². The molecule has 0 bridgehead atoms. The molecule has 0 spiro atoms. The molecular weight excluding hydrogens is 465 g/mol. The van der Waals surface area contributed by atoms with Crippen LogP contribution in [0, 0.1) is 13.8 Å². The van der Waals surface area contributed by atoms with Gasteiger partial charge in [0, 0.05) is 11.1 Å². The summed E-state index contributed by atoms with van der Waals surface area (Å²) in [6, 6.07) is 23.5. The lowest BCUT2D eigenvalue weighted by Gasteiger charge is -2.14. The molecule has 1 saturated carbocycles. The van der Waals surface area contributed by atoms with Gasteiger partial charge in [-0.15, -0.1) is 0 Å². The minimum atomic E-state index is -0.753.